The average molecular weight is 335 g/mol. The summed E-state index contributed by atoms with van der Waals surface area (Å²) in [5.74, 6) is -0.0906. The van der Waals surface area contributed by atoms with E-state index in [2.05, 4.69) is 0 Å². The van der Waals surface area contributed by atoms with Crippen LogP contribution in [0.1, 0.15) is 25.3 Å². The van der Waals surface area contributed by atoms with E-state index in [1.807, 2.05) is 31.2 Å². The first-order chi connectivity index (χ1) is 11.5. The van der Waals surface area contributed by atoms with Gasteiger partial charge in [-0.2, -0.15) is 0 Å². The van der Waals surface area contributed by atoms with Crippen LogP contribution in [0, 0.1) is 5.41 Å². The van der Waals surface area contributed by atoms with E-state index in [1.54, 1.807) is 4.90 Å². The number of benzene rings is 1. The van der Waals surface area contributed by atoms with Gasteiger partial charge < -0.3 is 19.5 Å². The normalized spacial score (nSPS) is 20.2. The average Bonchev–Trinajstić information content (AvgIpc) is 3.00. The molecule has 0 bridgehead atoms. The Balaban J connectivity index is 1.88. The van der Waals surface area contributed by atoms with Gasteiger partial charge in [-0.15, -0.1) is 0 Å². The van der Waals surface area contributed by atoms with Gasteiger partial charge in [0.15, 0.2) is 0 Å². The maximum absolute atomic E-state index is 12.4. The molecule has 1 aliphatic heterocycles. The summed E-state index contributed by atoms with van der Waals surface area (Å²) in [7, 11) is 1.49. The van der Waals surface area contributed by atoms with Crippen LogP contribution >= 0.6 is 0 Å². The van der Waals surface area contributed by atoms with Crippen LogP contribution in [0.25, 0.3) is 0 Å². The quantitative estimate of drug-likeness (QED) is 0.786. The van der Waals surface area contributed by atoms with Crippen LogP contribution in [0.3, 0.4) is 0 Å². The molecule has 1 unspecified atom stereocenters. The molecular formula is C18H25NO5. The lowest BCUT2D eigenvalue weighted by molar-refractivity contribution is -0.151. The van der Waals surface area contributed by atoms with Crippen LogP contribution < -0.4 is 4.74 Å². The minimum atomic E-state index is -0.969. The number of hydrogen-bond donors (Lipinski definition) is 1. The second-order valence-electron chi connectivity index (χ2n) is 6.16. The summed E-state index contributed by atoms with van der Waals surface area (Å²) in [6.07, 6.45) is 1.44. The Morgan fingerprint density at radius 2 is 2.00 bits per heavy atom. The summed E-state index contributed by atoms with van der Waals surface area (Å²) >= 11 is 0. The highest BCUT2D eigenvalue weighted by Gasteiger charge is 2.46. The van der Waals surface area contributed by atoms with Crippen molar-refractivity contribution in [3.8, 4) is 5.75 Å². The summed E-state index contributed by atoms with van der Waals surface area (Å²) < 4.78 is 10.4. The molecule has 132 valence electrons. The maximum atomic E-state index is 12.4. The summed E-state index contributed by atoms with van der Waals surface area (Å²) in [4.78, 5) is 25.5. The van der Waals surface area contributed by atoms with Crippen LogP contribution in [0.5, 0.6) is 5.75 Å². The van der Waals surface area contributed by atoms with E-state index < -0.39 is 11.4 Å². The lowest BCUT2D eigenvalue weighted by Crippen LogP contribution is -2.40. The molecule has 6 heteroatoms. The molecule has 0 saturated carbocycles. The molecule has 1 N–H and O–H groups in total. The van der Waals surface area contributed by atoms with Gasteiger partial charge in [-0.3, -0.25) is 9.59 Å². The second-order valence-corrected chi connectivity index (χ2v) is 6.16. The minimum absolute atomic E-state index is 0.0110. The number of carbonyl (C=O) groups excluding carboxylic acids is 1. The van der Waals surface area contributed by atoms with Gasteiger partial charge in [-0.25, -0.2) is 0 Å². The van der Waals surface area contributed by atoms with E-state index in [-0.39, 0.29) is 19.1 Å². The van der Waals surface area contributed by atoms with Gasteiger partial charge in [0, 0.05) is 26.6 Å². The van der Waals surface area contributed by atoms with Gasteiger partial charge in [0.05, 0.1) is 13.2 Å². The molecule has 1 aliphatic rings. The SMILES string of the molecule is CCOc1ccc(CCC(=O)N2CCC(COC)(C(=O)O)C2)cc1. The van der Waals surface area contributed by atoms with E-state index in [9.17, 15) is 14.7 Å². The largest absolute Gasteiger partial charge is 0.494 e. The highest BCUT2D eigenvalue weighted by atomic mass is 16.5. The van der Waals surface area contributed by atoms with Gasteiger partial charge in [0.2, 0.25) is 5.91 Å². The van der Waals surface area contributed by atoms with Gasteiger partial charge in [0.25, 0.3) is 0 Å². The number of aliphatic carboxylic acids is 1. The van der Waals surface area contributed by atoms with E-state index in [0.717, 1.165) is 11.3 Å². The fourth-order valence-electron chi connectivity index (χ4n) is 3.04. The topological polar surface area (TPSA) is 76.1 Å². The van der Waals surface area contributed by atoms with Crippen molar-refractivity contribution >= 4 is 11.9 Å². The molecule has 2 rings (SSSR count). The number of nitrogens with zero attached hydrogens (tertiary/aromatic N) is 1. The third-order valence-corrected chi connectivity index (χ3v) is 4.44. The first-order valence-electron chi connectivity index (χ1n) is 8.22. The van der Waals surface area contributed by atoms with Gasteiger partial charge in [0.1, 0.15) is 11.2 Å². The van der Waals surface area contributed by atoms with E-state index in [0.29, 0.717) is 32.4 Å². The molecule has 0 radical (unpaired) electrons. The van der Waals surface area contributed by atoms with Gasteiger partial charge in [-0.1, -0.05) is 12.1 Å². The fourth-order valence-corrected chi connectivity index (χ4v) is 3.04. The molecule has 1 aromatic rings. The zero-order valence-corrected chi connectivity index (χ0v) is 14.3. The van der Waals surface area contributed by atoms with Crippen molar-refractivity contribution in [2.24, 2.45) is 5.41 Å². The lowest BCUT2D eigenvalue weighted by Gasteiger charge is -2.23. The first kappa shape index (κ1) is 18.3. The van der Waals surface area contributed by atoms with Crippen LogP contribution in [-0.2, 0) is 20.7 Å². The lowest BCUT2D eigenvalue weighted by atomic mass is 9.88. The van der Waals surface area contributed by atoms with Crippen molar-refractivity contribution in [2.75, 3.05) is 33.4 Å². The Bertz CT molecular complexity index is 571. The zero-order chi connectivity index (χ0) is 17.6. The van der Waals surface area contributed by atoms with Gasteiger partial charge >= 0.3 is 5.97 Å². The summed E-state index contributed by atoms with van der Waals surface area (Å²) in [6.45, 7) is 3.38. The van der Waals surface area contributed by atoms with Crippen LogP contribution in [0.2, 0.25) is 0 Å². The summed E-state index contributed by atoms with van der Waals surface area (Å²) in [5.41, 5.74) is 0.0937. The van der Waals surface area contributed by atoms with Crippen LogP contribution in [-0.4, -0.2) is 55.3 Å². The Morgan fingerprint density at radius 1 is 1.29 bits per heavy atom. The third kappa shape index (κ3) is 4.26. The molecule has 6 nitrogen and oxygen atoms in total. The first-order valence-corrected chi connectivity index (χ1v) is 8.22. The van der Waals surface area contributed by atoms with E-state index in [1.165, 1.54) is 7.11 Å². The standard InChI is InChI=1S/C18H25NO5/c1-3-24-15-7-4-14(5-8-15)6-9-16(20)19-11-10-18(12-19,13-23-2)17(21)22/h4-5,7-8H,3,6,9-13H2,1-2H3,(H,21,22). The number of carbonyl (C=O) groups is 2. The van der Waals surface area contributed by atoms with Crippen molar-refractivity contribution < 1.29 is 24.2 Å². The van der Waals surface area contributed by atoms with Crippen molar-refractivity contribution in [3.63, 3.8) is 0 Å². The number of likely N-dealkylation sites (tertiary alicyclic amines) is 1. The monoisotopic (exact) mass is 335 g/mol. The molecule has 1 aromatic carbocycles. The number of methoxy groups -OCH3 is 1. The molecule has 24 heavy (non-hydrogen) atoms. The number of carboxylic acids is 1. The molecule has 0 spiro atoms. The minimum Gasteiger partial charge on any atom is -0.494 e. The fraction of sp³-hybridized carbons (Fsp3) is 0.556. The smallest absolute Gasteiger partial charge is 0.313 e. The molecule has 1 amide bonds. The molecule has 0 aromatic heterocycles. The number of hydrogen-bond acceptors (Lipinski definition) is 4. The predicted molar refractivity (Wildman–Crippen MR) is 89.1 cm³/mol. The molecule has 0 aliphatic carbocycles. The van der Waals surface area contributed by atoms with Crippen molar-refractivity contribution in [2.45, 2.75) is 26.2 Å². The van der Waals surface area contributed by atoms with E-state index >= 15 is 0 Å². The highest BCUT2D eigenvalue weighted by Crippen LogP contribution is 2.31. The summed E-state index contributed by atoms with van der Waals surface area (Å²) in [6, 6.07) is 7.70. The zero-order valence-electron chi connectivity index (χ0n) is 14.3. The predicted octanol–water partition coefficient (Wildman–Crippen LogP) is 1.97. The molecule has 1 saturated heterocycles. The second kappa shape index (κ2) is 8.15. The molecule has 1 heterocycles. The van der Waals surface area contributed by atoms with Crippen LogP contribution in [0.15, 0.2) is 24.3 Å². The maximum Gasteiger partial charge on any atom is 0.313 e. The highest BCUT2D eigenvalue weighted by molar-refractivity contribution is 5.81. The number of amides is 1. The third-order valence-electron chi connectivity index (χ3n) is 4.44. The Kier molecular flexibility index (Phi) is 6.20. The van der Waals surface area contributed by atoms with Crippen molar-refractivity contribution in [3.05, 3.63) is 29.8 Å². The van der Waals surface area contributed by atoms with Crippen molar-refractivity contribution in [1.82, 2.24) is 4.90 Å². The number of rotatable bonds is 8. The van der Waals surface area contributed by atoms with Crippen LogP contribution in [0.4, 0.5) is 0 Å². The number of carboxylic acid groups (broad SMARTS) is 1. The van der Waals surface area contributed by atoms with Crippen molar-refractivity contribution in [1.29, 1.82) is 0 Å². The molecule has 1 fully saturated rings. The Morgan fingerprint density at radius 3 is 2.58 bits per heavy atom. The Labute approximate surface area is 142 Å². The summed E-state index contributed by atoms with van der Waals surface area (Å²) in [5, 5.41) is 9.44. The molecular weight excluding hydrogens is 310 g/mol. The van der Waals surface area contributed by atoms with Gasteiger partial charge in [-0.05, 0) is 37.5 Å². The molecule has 1 atom stereocenters. The number of aryl methyl sites for hydroxylation is 1. The number of ether oxygens (including phenoxy) is 2. The Hall–Kier alpha value is -2.08. The van der Waals surface area contributed by atoms with E-state index in [4.69, 9.17) is 9.47 Å².